The zero-order chi connectivity index (χ0) is 57.0. The van der Waals surface area contributed by atoms with Crippen molar-refractivity contribution in [2.24, 2.45) is 0 Å². The number of nitrogens with one attached hydrogen (secondary N) is 1. The summed E-state index contributed by atoms with van der Waals surface area (Å²) in [6.07, 6.45) is 78.9. The van der Waals surface area contributed by atoms with Crippen LogP contribution in [-0.4, -0.2) is 73.4 Å². The van der Waals surface area contributed by atoms with E-state index in [4.69, 9.17) is 9.05 Å². The molecule has 0 heterocycles. The fraction of sp³-hybridized carbons (Fsp3) is 0.928. The van der Waals surface area contributed by atoms with Crippen molar-refractivity contribution in [3.05, 3.63) is 24.3 Å². The Balaban J connectivity index is 4.05. The molecule has 3 N–H and O–H groups in total. The second-order valence-corrected chi connectivity index (χ2v) is 26.7. The van der Waals surface area contributed by atoms with Crippen molar-refractivity contribution >= 4 is 13.7 Å². The Bertz CT molecular complexity index is 1320. The lowest BCUT2D eigenvalue weighted by molar-refractivity contribution is -0.870. The van der Waals surface area contributed by atoms with Crippen LogP contribution < -0.4 is 5.32 Å². The van der Waals surface area contributed by atoms with Gasteiger partial charge in [0, 0.05) is 6.42 Å². The molecule has 0 saturated heterocycles. The first-order chi connectivity index (χ1) is 38.0. The molecule has 0 aromatic heterocycles. The minimum Gasteiger partial charge on any atom is -0.387 e. The fourth-order valence-corrected chi connectivity index (χ4v) is 11.5. The lowest BCUT2D eigenvalue weighted by atomic mass is 10.0. The van der Waals surface area contributed by atoms with E-state index in [-0.39, 0.29) is 19.1 Å². The summed E-state index contributed by atoms with van der Waals surface area (Å²) in [7, 11) is 1.59. The molecular weight excluding hydrogens is 984 g/mol. The summed E-state index contributed by atoms with van der Waals surface area (Å²) in [6.45, 7) is 4.88. The van der Waals surface area contributed by atoms with Gasteiger partial charge in [0.2, 0.25) is 5.91 Å². The van der Waals surface area contributed by atoms with Crippen LogP contribution in [0.2, 0.25) is 0 Å². The summed E-state index contributed by atoms with van der Waals surface area (Å²) in [5.41, 5.74) is 0. The van der Waals surface area contributed by atoms with Crippen molar-refractivity contribution < 1.29 is 32.9 Å². The number of phosphoric ester groups is 1. The van der Waals surface area contributed by atoms with E-state index in [9.17, 15) is 19.4 Å². The van der Waals surface area contributed by atoms with E-state index in [0.29, 0.717) is 17.4 Å². The maximum atomic E-state index is 13.0. The Morgan fingerprint density at radius 1 is 0.423 bits per heavy atom. The summed E-state index contributed by atoms with van der Waals surface area (Å²) < 4.78 is 23.8. The number of nitrogens with zero attached hydrogens (tertiary/aromatic N) is 1. The third-order valence-corrected chi connectivity index (χ3v) is 17.1. The number of aliphatic hydroxyl groups is 1. The standard InChI is InChI=1S/C69H137N2O6P/c1-6-8-10-12-14-16-18-20-22-24-26-28-30-32-34-35-37-39-41-43-45-47-49-51-53-55-57-59-61-63-69(73)70-67(66-77-78(74,75)76-65-64-71(3,4)5)68(72)62-60-58-56-54-52-50-48-46-44-42-40-38-36-33-31-29-27-25-23-21-19-17-15-13-11-9-7-2/h24,26,60,62,67-68,72H,6-23,25,27-59,61,63-66H2,1-5H3,(H-,70,73,74,75)/p+1/b26-24-,62-60+. The lowest BCUT2D eigenvalue weighted by Crippen LogP contribution is -2.45. The molecule has 0 aliphatic carbocycles. The van der Waals surface area contributed by atoms with E-state index >= 15 is 0 Å². The smallest absolute Gasteiger partial charge is 0.387 e. The van der Waals surface area contributed by atoms with Gasteiger partial charge in [-0.1, -0.05) is 334 Å². The molecule has 3 atom stereocenters. The third-order valence-electron chi connectivity index (χ3n) is 16.2. The molecule has 0 aliphatic heterocycles. The molecule has 0 saturated carbocycles. The van der Waals surface area contributed by atoms with Gasteiger partial charge >= 0.3 is 7.82 Å². The molecule has 0 radical (unpaired) electrons. The van der Waals surface area contributed by atoms with Crippen LogP contribution in [0.25, 0.3) is 0 Å². The molecule has 0 fully saturated rings. The molecule has 3 unspecified atom stereocenters. The first kappa shape index (κ1) is 77.0. The van der Waals surface area contributed by atoms with Crippen LogP contribution in [0.15, 0.2) is 24.3 Å². The van der Waals surface area contributed by atoms with Gasteiger partial charge < -0.3 is 19.8 Å². The van der Waals surface area contributed by atoms with Gasteiger partial charge in [-0.05, 0) is 44.9 Å². The Kier molecular flexibility index (Phi) is 59.8. The Labute approximate surface area is 487 Å². The number of hydrogen-bond acceptors (Lipinski definition) is 5. The molecule has 8 nitrogen and oxygen atoms in total. The van der Waals surface area contributed by atoms with E-state index in [1.807, 2.05) is 27.2 Å². The molecule has 9 heteroatoms. The molecule has 0 spiro atoms. The monoisotopic (exact) mass is 1120 g/mol. The van der Waals surface area contributed by atoms with Crippen LogP contribution >= 0.6 is 7.82 Å². The maximum absolute atomic E-state index is 13.0. The van der Waals surface area contributed by atoms with E-state index in [1.54, 1.807) is 6.08 Å². The second-order valence-electron chi connectivity index (χ2n) is 25.3. The molecule has 0 bridgehead atoms. The van der Waals surface area contributed by atoms with Crippen molar-refractivity contribution in [3.8, 4) is 0 Å². The van der Waals surface area contributed by atoms with Crippen LogP contribution in [0.4, 0.5) is 0 Å². The van der Waals surface area contributed by atoms with Gasteiger partial charge in [-0.25, -0.2) is 4.57 Å². The Morgan fingerprint density at radius 3 is 0.987 bits per heavy atom. The van der Waals surface area contributed by atoms with Crippen LogP contribution in [-0.2, 0) is 18.4 Å². The predicted octanol–water partition coefficient (Wildman–Crippen LogP) is 21.9. The van der Waals surface area contributed by atoms with E-state index in [1.165, 1.54) is 308 Å². The van der Waals surface area contributed by atoms with Crippen LogP contribution in [0.5, 0.6) is 0 Å². The zero-order valence-corrected chi connectivity index (χ0v) is 54.1. The predicted molar refractivity (Wildman–Crippen MR) is 342 cm³/mol. The molecule has 0 aromatic carbocycles. The highest BCUT2D eigenvalue weighted by Crippen LogP contribution is 2.43. The number of unbranched alkanes of at least 4 members (excludes halogenated alkanes) is 50. The number of rotatable bonds is 65. The van der Waals surface area contributed by atoms with Gasteiger partial charge in [-0.15, -0.1) is 0 Å². The van der Waals surface area contributed by atoms with E-state index < -0.39 is 20.0 Å². The molecule has 0 aromatic rings. The minimum atomic E-state index is -4.35. The van der Waals surface area contributed by atoms with Gasteiger partial charge in [0.15, 0.2) is 0 Å². The van der Waals surface area contributed by atoms with Gasteiger partial charge in [0.05, 0.1) is 39.9 Å². The Morgan fingerprint density at radius 2 is 0.692 bits per heavy atom. The summed E-state index contributed by atoms with van der Waals surface area (Å²) in [6, 6.07) is -0.845. The first-order valence-electron chi connectivity index (χ1n) is 34.7. The highest BCUT2D eigenvalue weighted by Gasteiger charge is 2.28. The quantitative estimate of drug-likeness (QED) is 0.0243. The van der Waals surface area contributed by atoms with Crippen molar-refractivity contribution in [2.75, 3.05) is 40.9 Å². The van der Waals surface area contributed by atoms with Gasteiger partial charge in [0.1, 0.15) is 13.2 Å². The summed E-state index contributed by atoms with van der Waals surface area (Å²) in [5.74, 6) is -0.169. The number of carbonyl (C=O) groups excluding carboxylic acids is 1. The summed E-state index contributed by atoms with van der Waals surface area (Å²) in [4.78, 5) is 23.4. The maximum Gasteiger partial charge on any atom is 0.472 e. The highest BCUT2D eigenvalue weighted by atomic mass is 31.2. The average Bonchev–Trinajstić information content (AvgIpc) is 3.41. The second kappa shape index (κ2) is 60.6. The lowest BCUT2D eigenvalue weighted by Gasteiger charge is -2.25. The number of hydrogen-bond donors (Lipinski definition) is 3. The summed E-state index contributed by atoms with van der Waals surface area (Å²) >= 11 is 0. The number of allylic oxidation sites excluding steroid dienone is 3. The number of carbonyl (C=O) groups is 1. The number of likely N-dealkylation sites (N-methyl/N-ethyl adjacent to an activating group) is 1. The first-order valence-corrected chi connectivity index (χ1v) is 36.2. The van der Waals surface area contributed by atoms with Crippen LogP contribution in [0.1, 0.15) is 361 Å². The van der Waals surface area contributed by atoms with Gasteiger partial charge in [-0.2, -0.15) is 0 Å². The van der Waals surface area contributed by atoms with E-state index in [0.717, 1.165) is 32.1 Å². The normalized spacial score (nSPS) is 13.8. The minimum absolute atomic E-state index is 0.0643. The molecule has 1 amide bonds. The molecule has 0 aliphatic rings. The summed E-state index contributed by atoms with van der Waals surface area (Å²) in [5, 5.41) is 14.0. The average molecular weight is 1120 g/mol. The molecular formula is C69H138N2O6P+. The number of amides is 1. The topological polar surface area (TPSA) is 105 Å². The zero-order valence-electron chi connectivity index (χ0n) is 53.2. The van der Waals surface area contributed by atoms with Crippen molar-refractivity contribution in [1.82, 2.24) is 5.32 Å². The van der Waals surface area contributed by atoms with Gasteiger partial charge in [-0.3, -0.25) is 13.8 Å². The fourth-order valence-electron chi connectivity index (χ4n) is 10.7. The number of phosphoric acid groups is 1. The molecule has 78 heavy (non-hydrogen) atoms. The highest BCUT2D eigenvalue weighted by molar-refractivity contribution is 7.47. The van der Waals surface area contributed by atoms with Crippen molar-refractivity contribution in [2.45, 2.75) is 373 Å². The van der Waals surface area contributed by atoms with Crippen molar-refractivity contribution in [3.63, 3.8) is 0 Å². The Hall–Kier alpha value is -1.02. The largest absolute Gasteiger partial charge is 0.472 e. The van der Waals surface area contributed by atoms with Crippen LogP contribution in [0.3, 0.4) is 0 Å². The van der Waals surface area contributed by atoms with Crippen LogP contribution in [0, 0.1) is 0 Å². The number of quaternary nitrogens is 1. The third kappa shape index (κ3) is 62.6. The number of aliphatic hydroxyl groups excluding tert-OH is 1. The van der Waals surface area contributed by atoms with Crippen molar-refractivity contribution in [1.29, 1.82) is 0 Å². The molecule has 0 rings (SSSR count). The molecule has 464 valence electrons. The van der Waals surface area contributed by atoms with Gasteiger partial charge in [0.25, 0.3) is 0 Å². The SMILES string of the molecule is CCCCCCCCCC/C=C\CCCCCCCCCCCCCCCCCCCC(=O)NC(COP(=O)(O)OCC[N+](C)(C)C)C(O)/C=C/CCCCCCCCCCCCCCCCCCCCCCCCCCC. The van der Waals surface area contributed by atoms with E-state index in [2.05, 4.69) is 31.3 Å².